The fourth-order valence-corrected chi connectivity index (χ4v) is 7.68. The molecule has 5 rings (SSSR count). The van der Waals surface area contributed by atoms with E-state index in [-0.39, 0.29) is 70.4 Å². The van der Waals surface area contributed by atoms with Crippen molar-refractivity contribution in [2.24, 2.45) is 11.5 Å². The molecule has 1 fully saturated rings. The van der Waals surface area contributed by atoms with E-state index in [2.05, 4.69) is 57.5 Å². The molecule has 15 N–H and O–H groups in total. The first kappa shape index (κ1) is 51.2. The number of nitrogens with one attached hydrogen (secondary N) is 11. The molecule has 2 aromatic heterocycles. The maximum atomic E-state index is 14.5. The topological polar surface area (TPSA) is 353 Å². The molecular weight excluding hydrogens is 877 g/mol. The van der Waals surface area contributed by atoms with E-state index in [0.29, 0.717) is 23.2 Å². The number of hydrogen-bond donors (Lipinski definition) is 13. The average Bonchev–Trinajstić information content (AvgIpc) is 3.99. The van der Waals surface area contributed by atoms with Crippen molar-refractivity contribution < 1.29 is 38.4 Å². The molecule has 68 heavy (non-hydrogen) atoms. The van der Waals surface area contributed by atoms with Crippen LogP contribution in [0.2, 0.25) is 0 Å². The van der Waals surface area contributed by atoms with Gasteiger partial charge in [0.05, 0.1) is 12.0 Å². The molecule has 0 radical (unpaired) electrons. The molecular formula is C46H62N14O8. The van der Waals surface area contributed by atoms with Crippen LogP contribution in [0.15, 0.2) is 73.3 Å². The molecule has 364 valence electrons. The van der Waals surface area contributed by atoms with Gasteiger partial charge in [0.1, 0.15) is 36.3 Å². The summed E-state index contributed by atoms with van der Waals surface area (Å²) in [5.74, 6) is -6.19. The van der Waals surface area contributed by atoms with E-state index < -0.39 is 83.5 Å². The van der Waals surface area contributed by atoms with Gasteiger partial charge in [-0.2, -0.15) is 0 Å². The largest absolute Gasteiger partial charge is 0.370 e. The lowest BCUT2D eigenvalue weighted by atomic mass is 10.0. The van der Waals surface area contributed by atoms with Crippen LogP contribution >= 0.6 is 0 Å². The first-order chi connectivity index (χ1) is 32.7. The van der Waals surface area contributed by atoms with E-state index in [9.17, 15) is 38.4 Å². The number of amides is 8. The number of aromatic amines is 2. The number of nitrogens with zero attached hydrogens (tertiary/aromatic N) is 1. The minimum Gasteiger partial charge on any atom is -0.370 e. The number of nitrogens with two attached hydrogens (primary N) is 2. The summed E-state index contributed by atoms with van der Waals surface area (Å²) in [6.45, 7) is 1.93. The number of hydrogen-bond acceptors (Lipinski definition) is 10. The van der Waals surface area contributed by atoms with Crippen molar-refractivity contribution >= 4 is 64.1 Å². The molecule has 0 bridgehead atoms. The first-order valence-electron chi connectivity index (χ1n) is 22.7. The van der Waals surface area contributed by atoms with Gasteiger partial charge in [-0.15, -0.1) is 0 Å². The van der Waals surface area contributed by atoms with E-state index in [1.165, 1.54) is 12.5 Å². The summed E-state index contributed by atoms with van der Waals surface area (Å²) in [6.07, 6.45) is 6.28. The van der Waals surface area contributed by atoms with Crippen LogP contribution in [0.25, 0.3) is 10.9 Å². The van der Waals surface area contributed by atoms with Gasteiger partial charge >= 0.3 is 0 Å². The summed E-state index contributed by atoms with van der Waals surface area (Å²) >= 11 is 0. The van der Waals surface area contributed by atoms with Gasteiger partial charge < -0.3 is 64.0 Å². The van der Waals surface area contributed by atoms with Gasteiger partial charge in [0.2, 0.25) is 47.3 Å². The fraction of sp³-hybridized carbons (Fsp3) is 0.435. The average molecular weight is 939 g/mol. The summed E-state index contributed by atoms with van der Waals surface area (Å²) in [5, 5.41) is 29.9. The summed E-state index contributed by atoms with van der Waals surface area (Å²) in [6, 6.07) is 7.50. The van der Waals surface area contributed by atoms with Gasteiger partial charge in [0.15, 0.2) is 5.96 Å². The third-order valence-electron chi connectivity index (χ3n) is 11.4. The Balaban J connectivity index is 1.49. The monoisotopic (exact) mass is 938 g/mol. The zero-order valence-corrected chi connectivity index (χ0v) is 38.0. The van der Waals surface area contributed by atoms with E-state index in [4.69, 9.17) is 16.9 Å². The molecule has 1 aliphatic rings. The van der Waals surface area contributed by atoms with Gasteiger partial charge in [0.25, 0.3) is 0 Å². The number of unbranched alkanes of at least 4 members (excludes halogenated alkanes) is 2. The second-order valence-corrected chi connectivity index (χ2v) is 16.6. The number of imidazole rings is 1. The maximum absolute atomic E-state index is 14.5. The van der Waals surface area contributed by atoms with Crippen LogP contribution in [-0.4, -0.2) is 111 Å². The maximum Gasteiger partial charge on any atom is 0.247 e. The Morgan fingerprint density at radius 3 is 2.29 bits per heavy atom. The molecule has 0 spiro atoms. The van der Waals surface area contributed by atoms with Gasteiger partial charge in [-0.1, -0.05) is 68.3 Å². The highest BCUT2D eigenvalue weighted by atomic mass is 16.2. The number of aromatic nitrogens is 3. The van der Waals surface area contributed by atoms with Gasteiger partial charge in [-0.25, -0.2) is 4.98 Å². The Kier molecular flexibility index (Phi) is 19.4. The SMILES string of the molecule is CCCCCC(=O)N[C@H]1CCC(=O)NCC[C@@H](C(=O)N[C@@H](Cc2c[nH]c3ccccc23)C(N)=O)NC(=O)[C@H](CCCNC(=N)N)NC(=O)C(c2ccccc2)NC(=O)[C@H](Cc2c[nH]cn2)NC1=O. The van der Waals surface area contributed by atoms with Crippen LogP contribution in [-0.2, 0) is 51.2 Å². The Bertz CT molecular complexity index is 2370. The van der Waals surface area contributed by atoms with Crippen molar-refractivity contribution in [2.45, 2.75) is 114 Å². The molecule has 0 aliphatic carbocycles. The lowest BCUT2D eigenvalue weighted by Gasteiger charge is -2.27. The van der Waals surface area contributed by atoms with E-state index >= 15 is 0 Å². The molecule has 1 saturated heterocycles. The molecule has 0 saturated carbocycles. The fourth-order valence-electron chi connectivity index (χ4n) is 7.68. The van der Waals surface area contributed by atoms with Gasteiger partial charge in [-0.05, 0) is 49.3 Å². The Morgan fingerprint density at radius 2 is 1.57 bits per heavy atom. The van der Waals surface area contributed by atoms with Crippen LogP contribution < -0.4 is 54.0 Å². The Morgan fingerprint density at radius 1 is 0.838 bits per heavy atom. The third-order valence-corrected chi connectivity index (χ3v) is 11.4. The smallest absolute Gasteiger partial charge is 0.247 e. The summed E-state index contributed by atoms with van der Waals surface area (Å²) in [4.78, 5) is 121. The number of rotatable bonds is 17. The van der Waals surface area contributed by atoms with E-state index in [1.54, 1.807) is 36.5 Å². The van der Waals surface area contributed by atoms with Crippen molar-refractivity contribution in [3.63, 3.8) is 0 Å². The Labute approximate surface area is 392 Å². The minimum absolute atomic E-state index is 0.00333. The lowest BCUT2D eigenvalue weighted by molar-refractivity contribution is -0.135. The summed E-state index contributed by atoms with van der Waals surface area (Å²) in [5.41, 5.74) is 13.5. The molecule has 1 unspecified atom stereocenters. The number of guanidine groups is 1. The number of primary amides is 1. The molecule has 8 amide bonds. The van der Waals surface area contributed by atoms with Gasteiger partial charge in [-0.3, -0.25) is 43.8 Å². The zero-order chi connectivity index (χ0) is 49.0. The quantitative estimate of drug-likeness (QED) is 0.0367. The van der Waals surface area contributed by atoms with Gasteiger partial charge in [0, 0.05) is 62.1 Å². The highest BCUT2D eigenvalue weighted by molar-refractivity contribution is 5.98. The second-order valence-electron chi connectivity index (χ2n) is 16.6. The number of carbonyl (C=O) groups is 8. The molecule has 4 aromatic rings. The van der Waals surface area contributed by atoms with Crippen LogP contribution in [0.4, 0.5) is 0 Å². The van der Waals surface area contributed by atoms with Crippen molar-refractivity contribution in [3.05, 3.63) is 90.1 Å². The summed E-state index contributed by atoms with van der Waals surface area (Å²) < 4.78 is 0. The number of carbonyl (C=O) groups excluding carboxylic acids is 8. The van der Waals surface area contributed by atoms with Crippen molar-refractivity contribution in [1.29, 1.82) is 5.41 Å². The van der Waals surface area contributed by atoms with E-state index in [1.807, 2.05) is 31.2 Å². The summed E-state index contributed by atoms with van der Waals surface area (Å²) in [7, 11) is 0. The van der Waals surface area contributed by atoms with E-state index in [0.717, 1.165) is 23.7 Å². The predicted molar refractivity (Wildman–Crippen MR) is 251 cm³/mol. The van der Waals surface area contributed by atoms with Crippen LogP contribution in [0.3, 0.4) is 0 Å². The molecule has 1 aliphatic heterocycles. The molecule has 22 heteroatoms. The molecule has 2 aromatic carbocycles. The van der Waals surface area contributed by atoms with Crippen LogP contribution in [0, 0.1) is 5.41 Å². The van der Waals surface area contributed by atoms with Crippen molar-refractivity contribution in [2.75, 3.05) is 13.1 Å². The second kappa shape index (κ2) is 25.8. The number of H-pyrrole nitrogens is 2. The van der Waals surface area contributed by atoms with Crippen LogP contribution in [0.5, 0.6) is 0 Å². The standard InChI is InChI=1S/C46H62N14O8/c1-2-3-5-16-38(62)55-33-17-18-37(61)51-21-19-34(43(66)58-35(40(47)63)22-28-24-53-31-14-9-8-13-30(28)31)56-41(64)32(15-10-20-52-46(48)49)57-45(68)39(27-11-6-4-7-12-27)60-44(67)36(59-42(33)65)23-29-25-50-26-54-29/h4,6-9,11-14,24-26,32-36,39,53H,2-3,5,10,15-23H2,1H3,(H2,47,63)(H,50,54)(H,51,61)(H,55,62)(H,56,64)(H,57,68)(H,58,66)(H,59,65)(H,60,67)(H4,48,49,52)/t32-,33-,34-,35-,36-,39?/m0/s1. The minimum atomic E-state index is -1.44. The predicted octanol–water partition coefficient (Wildman–Crippen LogP) is -0.413. The number of fused-ring (bicyclic) bond motifs is 1. The number of benzene rings is 2. The third kappa shape index (κ3) is 15.7. The molecule has 3 heterocycles. The molecule has 22 nitrogen and oxygen atoms in total. The normalized spacial score (nSPS) is 20.4. The highest BCUT2D eigenvalue weighted by Crippen LogP contribution is 2.20. The zero-order valence-electron chi connectivity index (χ0n) is 38.0. The number of para-hydroxylation sites is 1. The van der Waals surface area contributed by atoms with Crippen molar-refractivity contribution in [1.82, 2.24) is 57.5 Å². The lowest BCUT2D eigenvalue weighted by Crippen LogP contribution is -2.58. The Hall–Kier alpha value is -7.78. The van der Waals surface area contributed by atoms with Crippen LogP contribution in [0.1, 0.15) is 87.6 Å². The first-order valence-corrected chi connectivity index (χ1v) is 22.7. The van der Waals surface area contributed by atoms with Crippen molar-refractivity contribution in [3.8, 4) is 0 Å². The highest BCUT2D eigenvalue weighted by Gasteiger charge is 2.35. The molecule has 6 atom stereocenters.